The fraction of sp³-hybridized carbons (Fsp3) is 0.929. The Bertz CT molecular complexity index is 278. The van der Waals surface area contributed by atoms with Crippen molar-refractivity contribution in [3.8, 4) is 0 Å². The first-order chi connectivity index (χ1) is 8.97. The minimum absolute atomic E-state index is 0.179. The van der Waals surface area contributed by atoms with Crippen LogP contribution in [0, 0.1) is 0 Å². The molecular formula is C14H29N3O2. The molecule has 0 saturated heterocycles. The van der Waals surface area contributed by atoms with Crippen molar-refractivity contribution in [1.82, 2.24) is 9.80 Å². The molecule has 1 aliphatic carbocycles. The first-order valence-corrected chi connectivity index (χ1v) is 7.17. The molecule has 0 aromatic rings. The van der Waals surface area contributed by atoms with E-state index in [1.807, 2.05) is 19.0 Å². The van der Waals surface area contributed by atoms with Crippen LogP contribution in [0.15, 0.2) is 0 Å². The van der Waals surface area contributed by atoms with E-state index < -0.39 is 0 Å². The van der Waals surface area contributed by atoms with Gasteiger partial charge in [0.05, 0.1) is 6.61 Å². The van der Waals surface area contributed by atoms with Gasteiger partial charge < -0.3 is 20.3 Å². The molecule has 5 nitrogen and oxygen atoms in total. The summed E-state index contributed by atoms with van der Waals surface area (Å²) in [6, 6.07) is 0. The number of carbonyl (C=O) groups excluding carboxylic acids is 1. The summed E-state index contributed by atoms with van der Waals surface area (Å²) in [5.41, 5.74) is 5.93. The Balaban J connectivity index is 2.39. The second-order valence-corrected chi connectivity index (χ2v) is 5.92. The molecule has 0 aromatic carbocycles. The molecule has 1 rings (SSSR count). The maximum absolute atomic E-state index is 12.3. The lowest BCUT2D eigenvalue weighted by Gasteiger charge is -2.39. The van der Waals surface area contributed by atoms with Gasteiger partial charge in [0.25, 0.3) is 0 Å². The Kier molecular flexibility index (Phi) is 6.75. The van der Waals surface area contributed by atoms with Gasteiger partial charge in [-0.2, -0.15) is 0 Å². The molecule has 0 radical (unpaired) electrons. The van der Waals surface area contributed by atoms with Gasteiger partial charge in [0.1, 0.15) is 0 Å². The highest BCUT2D eigenvalue weighted by Gasteiger charge is 2.35. The van der Waals surface area contributed by atoms with Crippen molar-refractivity contribution in [3.63, 3.8) is 0 Å². The van der Waals surface area contributed by atoms with E-state index in [1.165, 1.54) is 0 Å². The number of methoxy groups -OCH3 is 1. The van der Waals surface area contributed by atoms with Crippen LogP contribution >= 0.6 is 0 Å². The van der Waals surface area contributed by atoms with Gasteiger partial charge in [0.15, 0.2) is 0 Å². The van der Waals surface area contributed by atoms with E-state index >= 15 is 0 Å². The molecule has 1 saturated carbocycles. The molecule has 0 bridgehead atoms. The molecule has 5 heteroatoms. The molecule has 1 amide bonds. The van der Waals surface area contributed by atoms with Crippen LogP contribution in [-0.2, 0) is 9.53 Å². The first kappa shape index (κ1) is 16.4. The van der Waals surface area contributed by atoms with Gasteiger partial charge in [-0.15, -0.1) is 0 Å². The van der Waals surface area contributed by atoms with Crippen molar-refractivity contribution in [1.29, 1.82) is 0 Å². The van der Waals surface area contributed by atoms with Crippen LogP contribution < -0.4 is 5.73 Å². The summed E-state index contributed by atoms with van der Waals surface area (Å²) in [5.74, 6) is 0.179. The summed E-state index contributed by atoms with van der Waals surface area (Å²) in [5, 5.41) is 0. The fourth-order valence-corrected chi connectivity index (χ4v) is 2.36. The van der Waals surface area contributed by atoms with Gasteiger partial charge in [-0.25, -0.2) is 0 Å². The Hall–Kier alpha value is -0.650. The van der Waals surface area contributed by atoms with Crippen LogP contribution in [0.3, 0.4) is 0 Å². The minimum atomic E-state index is -0.232. The van der Waals surface area contributed by atoms with Crippen molar-refractivity contribution < 1.29 is 9.53 Å². The minimum Gasteiger partial charge on any atom is -0.383 e. The lowest BCUT2D eigenvalue weighted by molar-refractivity contribution is -0.134. The van der Waals surface area contributed by atoms with Gasteiger partial charge in [0, 0.05) is 32.2 Å². The predicted molar refractivity (Wildman–Crippen MR) is 77.0 cm³/mol. The molecular weight excluding hydrogens is 242 g/mol. The number of nitrogens with two attached hydrogens (primary N) is 1. The van der Waals surface area contributed by atoms with Crippen LogP contribution in [0.1, 0.15) is 32.1 Å². The molecule has 0 spiro atoms. The highest BCUT2D eigenvalue weighted by Crippen LogP contribution is 2.32. The predicted octanol–water partition coefficient (Wildman–Crippen LogP) is 0.685. The first-order valence-electron chi connectivity index (χ1n) is 7.17. The van der Waals surface area contributed by atoms with Crippen molar-refractivity contribution in [3.05, 3.63) is 0 Å². The number of nitrogens with zero attached hydrogens (tertiary/aromatic N) is 2. The largest absolute Gasteiger partial charge is 0.383 e. The topological polar surface area (TPSA) is 58.8 Å². The molecule has 1 fully saturated rings. The lowest BCUT2D eigenvalue weighted by atomic mass is 9.75. The maximum atomic E-state index is 12.3. The van der Waals surface area contributed by atoms with Crippen LogP contribution in [0.2, 0.25) is 0 Å². The molecule has 0 aliphatic heterocycles. The van der Waals surface area contributed by atoms with E-state index in [-0.39, 0.29) is 11.4 Å². The van der Waals surface area contributed by atoms with Crippen molar-refractivity contribution in [2.45, 2.75) is 37.6 Å². The summed E-state index contributed by atoms with van der Waals surface area (Å²) >= 11 is 0. The summed E-state index contributed by atoms with van der Waals surface area (Å²) in [6.45, 7) is 3.03. The van der Waals surface area contributed by atoms with E-state index in [1.54, 1.807) is 7.11 Å². The monoisotopic (exact) mass is 271 g/mol. The molecule has 0 heterocycles. The number of amides is 1. The normalized spacial score (nSPS) is 17.3. The highest BCUT2D eigenvalue weighted by atomic mass is 16.5. The smallest absolute Gasteiger partial charge is 0.224 e. The van der Waals surface area contributed by atoms with Gasteiger partial charge in [-0.1, -0.05) is 0 Å². The number of hydrogen-bond acceptors (Lipinski definition) is 4. The maximum Gasteiger partial charge on any atom is 0.224 e. The summed E-state index contributed by atoms with van der Waals surface area (Å²) in [6.07, 6.45) is 4.59. The number of hydrogen-bond donors (Lipinski definition) is 1. The average Bonchev–Trinajstić information content (AvgIpc) is 2.30. The Morgan fingerprint density at radius 3 is 2.42 bits per heavy atom. The quantitative estimate of drug-likeness (QED) is 0.670. The third-order valence-corrected chi connectivity index (χ3v) is 3.80. The van der Waals surface area contributed by atoms with E-state index in [4.69, 9.17) is 10.5 Å². The summed E-state index contributed by atoms with van der Waals surface area (Å²) in [4.78, 5) is 16.3. The fourth-order valence-electron chi connectivity index (χ4n) is 2.36. The van der Waals surface area contributed by atoms with E-state index in [0.29, 0.717) is 19.6 Å². The summed E-state index contributed by atoms with van der Waals surface area (Å²) < 4.78 is 5.08. The molecule has 0 aromatic heterocycles. The van der Waals surface area contributed by atoms with Crippen LogP contribution in [-0.4, -0.2) is 68.7 Å². The molecule has 1 aliphatic rings. The third kappa shape index (κ3) is 5.89. The van der Waals surface area contributed by atoms with Crippen molar-refractivity contribution in [2.24, 2.45) is 5.73 Å². The van der Waals surface area contributed by atoms with Gasteiger partial charge >= 0.3 is 0 Å². The van der Waals surface area contributed by atoms with Crippen LogP contribution in [0.25, 0.3) is 0 Å². The number of carbonyl (C=O) groups is 1. The third-order valence-electron chi connectivity index (χ3n) is 3.80. The number of rotatable bonds is 9. The Labute approximate surface area is 117 Å². The second kappa shape index (κ2) is 7.82. The number of ether oxygens (including phenoxy) is 1. The SMILES string of the molecule is COCCN(CCCN(C)C)C(=O)CC1(N)CCC1. The highest BCUT2D eigenvalue weighted by molar-refractivity contribution is 5.77. The zero-order valence-electron chi connectivity index (χ0n) is 12.7. The van der Waals surface area contributed by atoms with Crippen LogP contribution in [0.5, 0.6) is 0 Å². The molecule has 19 heavy (non-hydrogen) atoms. The zero-order valence-corrected chi connectivity index (χ0v) is 12.7. The standard InChI is InChI=1S/C14H29N3O2/c1-16(2)8-5-9-17(10-11-19-3)13(18)12-14(15)6-4-7-14/h4-12,15H2,1-3H3. The lowest BCUT2D eigenvalue weighted by Crippen LogP contribution is -2.51. The zero-order chi connectivity index (χ0) is 14.3. The van der Waals surface area contributed by atoms with Crippen molar-refractivity contribution >= 4 is 5.91 Å². The molecule has 0 atom stereocenters. The van der Waals surface area contributed by atoms with Gasteiger partial charge in [-0.05, 0) is 46.3 Å². The van der Waals surface area contributed by atoms with E-state index in [9.17, 15) is 4.79 Å². The molecule has 2 N–H and O–H groups in total. The Morgan fingerprint density at radius 1 is 1.26 bits per heavy atom. The van der Waals surface area contributed by atoms with E-state index in [2.05, 4.69) is 4.90 Å². The summed E-state index contributed by atoms with van der Waals surface area (Å²) in [7, 11) is 5.76. The van der Waals surface area contributed by atoms with Crippen LogP contribution in [0.4, 0.5) is 0 Å². The Morgan fingerprint density at radius 2 is 1.95 bits per heavy atom. The molecule has 112 valence electrons. The average molecular weight is 271 g/mol. The van der Waals surface area contributed by atoms with Gasteiger partial charge in [0.2, 0.25) is 5.91 Å². The molecule has 0 unspecified atom stereocenters. The van der Waals surface area contributed by atoms with E-state index in [0.717, 1.165) is 38.8 Å². The second-order valence-electron chi connectivity index (χ2n) is 5.92. The van der Waals surface area contributed by atoms with Crippen molar-refractivity contribution in [2.75, 3.05) is 47.4 Å². The van der Waals surface area contributed by atoms with Gasteiger partial charge in [-0.3, -0.25) is 4.79 Å².